The van der Waals surface area contributed by atoms with E-state index in [0.29, 0.717) is 11.7 Å². The van der Waals surface area contributed by atoms with Crippen LogP contribution in [0.3, 0.4) is 0 Å². The van der Waals surface area contributed by atoms with Gasteiger partial charge in [-0.25, -0.2) is 9.97 Å². The number of rotatable bonds is 2. The maximum atomic E-state index is 9.53. The minimum absolute atomic E-state index is 0.252. The number of aliphatic hydroxyl groups excluding tert-OH is 1. The Labute approximate surface area is 100 Å². The lowest BCUT2D eigenvalue weighted by atomic mass is 10.3. The number of halogens is 1. The second-order valence-electron chi connectivity index (χ2n) is 4.12. The lowest BCUT2D eigenvalue weighted by Gasteiger charge is -2.19. The monoisotopic (exact) mass is 241 g/mol. The number of aromatic nitrogens is 2. The standard InChI is InChI=1S/C11H16ClN3O/c1-3-9-13-10(12)7(2)11(14-9)15-5-4-8(16)6-15/h8,16H,3-6H2,1-2H3/t8-/m1/s1. The van der Waals surface area contributed by atoms with Crippen LogP contribution in [0.5, 0.6) is 0 Å². The molecule has 0 bridgehead atoms. The van der Waals surface area contributed by atoms with Crippen molar-refractivity contribution in [3.05, 3.63) is 16.5 Å². The number of anilines is 1. The molecule has 1 atom stereocenters. The van der Waals surface area contributed by atoms with Gasteiger partial charge in [0.15, 0.2) is 0 Å². The summed E-state index contributed by atoms with van der Waals surface area (Å²) in [6.07, 6.45) is 1.31. The maximum Gasteiger partial charge on any atom is 0.137 e. The van der Waals surface area contributed by atoms with E-state index in [0.717, 1.165) is 36.6 Å². The fourth-order valence-corrected chi connectivity index (χ4v) is 2.10. The number of hydrogen-bond acceptors (Lipinski definition) is 4. The largest absolute Gasteiger partial charge is 0.391 e. The fraction of sp³-hybridized carbons (Fsp3) is 0.636. The van der Waals surface area contributed by atoms with E-state index in [1.807, 2.05) is 13.8 Å². The molecule has 1 N–H and O–H groups in total. The molecule has 1 aromatic rings. The van der Waals surface area contributed by atoms with E-state index >= 15 is 0 Å². The van der Waals surface area contributed by atoms with Crippen molar-refractivity contribution in [1.29, 1.82) is 0 Å². The molecule has 5 heteroatoms. The summed E-state index contributed by atoms with van der Waals surface area (Å²) in [7, 11) is 0. The molecule has 0 saturated carbocycles. The zero-order valence-electron chi connectivity index (χ0n) is 9.57. The Balaban J connectivity index is 2.35. The number of aliphatic hydroxyl groups is 1. The predicted molar refractivity (Wildman–Crippen MR) is 64.0 cm³/mol. The number of β-amino-alcohol motifs (C(OH)–C–C–N with tert-alkyl or cyclic N) is 1. The Kier molecular flexibility index (Phi) is 3.30. The number of hydrogen-bond donors (Lipinski definition) is 1. The highest BCUT2D eigenvalue weighted by atomic mass is 35.5. The first-order valence-corrected chi connectivity index (χ1v) is 5.95. The van der Waals surface area contributed by atoms with Gasteiger partial charge in [0.05, 0.1) is 6.10 Å². The second-order valence-corrected chi connectivity index (χ2v) is 4.48. The van der Waals surface area contributed by atoms with E-state index in [1.165, 1.54) is 0 Å². The summed E-state index contributed by atoms with van der Waals surface area (Å²) in [6, 6.07) is 0. The van der Waals surface area contributed by atoms with Crippen molar-refractivity contribution in [2.24, 2.45) is 0 Å². The third-order valence-electron chi connectivity index (χ3n) is 2.89. The zero-order chi connectivity index (χ0) is 11.7. The van der Waals surface area contributed by atoms with E-state index in [-0.39, 0.29) is 6.10 Å². The molecule has 0 aliphatic carbocycles. The number of nitrogens with zero attached hydrogens (tertiary/aromatic N) is 3. The first-order valence-electron chi connectivity index (χ1n) is 5.57. The van der Waals surface area contributed by atoms with Crippen LogP contribution in [0.4, 0.5) is 5.82 Å². The zero-order valence-corrected chi connectivity index (χ0v) is 10.3. The summed E-state index contributed by atoms with van der Waals surface area (Å²) in [6.45, 7) is 5.39. The van der Waals surface area contributed by atoms with Crippen molar-refractivity contribution in [2.45, 2.75) is 32.8 Å². The normalized spacial score (nSPS) is 20.5. The summed E-state index contributed by atoms with van der Waals surface area (Å²) < 4.78 is 0. The molecule has 1 fully saturated rings. The van der Waals surface area contributed by atoms with Crippen molar-refractivity contribution in [3.8, 4) is 0 Å². The van der Waals surface area contributed by atoms with Gasteiger partial charge in [0.2, 0.25) is 0 Å². The average molecular weight is 242 g/mol. The molecule has 0 amide bonds. The molecular formula is C11H16ClN3O. The summed E-state index contributed by atoms with van der Waals surface area (Å²) in [5.41, 5.74) is 0.896. The van der Waals surface area contributed by atoms with Crippen LogP contribution >= 0.6 is 11.6 Å². The first-order chi connectivity index (χ1) is 7.61. The fourth-order valence-electron chi connectivity index (χ4n) is 1.92. The lowest BCUT2D eigenvalue weighted by molar-refractivity contribution is 0.198. The van der Waals surface area contributed by atoms with Crippen molar-refractivity contribution >= 4 is 17.4 Å². The Bertz CT molecular complexity index is 397. The molecule has 0 unspecified atom stereocenters. The molecule has 1 aliphatic rings. The molecule has 0 radical (unpaired) electrons. The smallest absolute Gasteiger partial charge is 0.137 e. The molecule has 0 aromatic carbocycles. The van der Waals surface area contributed by atoms with E-state index < -0.39 is 0 Å². The number of aryl methyl sites for hydroxylation is 1. The van der Waals surface area contributed by atoms with Crippen LogP contribution in [-0.2, 0) is 6.42 Å². The van der Waals surface area contributed by atoms with Gasteiger partial charge < -0.3 is 10.0 Å². The highest BCUT2D eigenvalue weighted by molar-refractivity contribution is 6.30. The molecule has 2 rings (SSSR count). The van der Waals surface area contributed by atoms with Crippen LogP contribution in [0.15, 0.2) is 0 Å². The molecule has 0 spiro atoms. The summed E-state index contributed by atoms with van der Waals surface area (Å²) in [5, 5.41) is 10.0. The van der Waals surface area contributed by atoms with Gasteiger partial charge in [-0.05, 0) is 13.3 Å². The van der Waals surface area contributed by atoms with Crippen molar-refractivity contribution < 1.29 is 5.11 Å². The van der Waals surface area contributed by atoms with Gasteiger partial charge in [-0.1, -0.05) is 18.5 Å². The van der Waals surface area contributed by atoms with Crippen molar-refractivity contribution in [2.75, 3.05) is 18.0 Å². The summed E-state index contributed by atoms with van der Waals surface area (Å²) in [4.78, 5) is 10.8. The predicted octanol–water partition coefficient (Wildman–Crippen LogP) is 1.57. The van der Waals surface area contributed by atoms with Gasteiger partial charge in [-0.3, -0.25) is 0 Å². The Morgan fingerprint density at radius 2 is 2.25 bits per heavy atom. The van der Waals surface area contributed by atoms with Gasteiger partial charge in [0, 0.05) is 25.1 Å². The van der Waals surface area contributed by atoms with Gasteiger partial charge in [-0.15, -0.1) is 0 Å². The van der Waals surface area contributed by atoms with Gasteiger partial charge >= 0.3 is 0 Å². The third kappa shape index (κ3) is 2.13. The van der Waals surface area contributed by atoms with E-state index in [4.69, 9.17) is 11.6 Å². The van der Waals surface area contributed by atoms with Gasteiger partial charge in [-0.2, -0.15) is 0 Å². The average Bonchev–Trinajstić information content (AvgIpc) is 2.68. The van der Waals surface area contributed by atoms with Crippen molar-refractivity contribution in [3.63, 3.8) is 0 Å². The van der Waals surface area contributed by atoms with Gasteiger partial charge in [0.25, 0.3) is 0 Å². The molecule has 1 aromatic heterocycles. The lowest BCUT2D eigenvalue weighted by Crippen LogP contribution is -2.24. The van der Waals surface area contributed by atoms with Gasteiger partial charge in [0.1, 0.15) is 16.8 Å². The van der Waals surface area contributed by atoms with Crippen LogP contribution in [0.25, 0.3) is 0 Å². The molecule has 4 nitrogen and oxygen atoms in total. The third-order valence-corrected chi connectivity index (χ3v) is 3.25. The van der Waals surface area contributed by atoms with Crippen LogP contribution < -0.4 is 4.90 Å². The first kappa shape index (κ1) is 11.6. The minimum atomic E-state index is -0.252. The summed E-state index contributed by atoms with van der Waals surface area (Å²) in [5.74, 6) is 1.63. The van der Waals surface area contributed by atoms with Crippen LogP contribution in [-0.4, -0.2) is 34.3 Å². The Morgan fingerprint density at radius 3 is 2.81 bits per heavy atom. The maximum absolute atomic E-state index is 9.53. The summed E-state index contributed by atoms with van der Waals surface area (Å²) >= 11 is 6.07. The van der Waals surface area contributed by atoms with E-state index in [1.54, 1.807) is 0 Å². The molecular weight excluding hydrogens is 226 g/mol. The van der Waals surface area contributed by atoms with Crippen molar-refractivity contribution in [1.82, 2.24) is 9.97 Å². The second kappa shape index (κ2) is 4.55. The highest BCUT2D eigenvalue weighted by Gasteiger charge is 2.24. The topological polar surface area (TPSA) is 49.2 Å². The molecule has 16 heavy (non-hydrogen) atoms. The van der Waals surface area contributed by atoms with E-state index in [9.17, 15) is 5.11 Å². The highest BCUT2D eigenvalue weighted by Crippen LogP contribution is 2.26. The Morgan fingerprint density at radius 1 is 1.50 bits per heavy atom. The quantitative estimate of drug-likeness (QED) is 0.799. The van der Waals surface area contributed by atoms with Crippen LogP contribution in [0.1, 0.15) is 24.7 Å². The molecule has 1 saturated heterocycles. The molecule has 2 heterocycles. The molecule has 1 aliphatic heterocycles. The van der Waals surface area contributed by atoms with Crippen LogP contribution in [0, 0.1) is 6.92 Å². The van der Waals surface area contributed by atoms with Crippen LogP contribution in [0.2, 0.25) is 5.15 Å². The molecule has 88 valence electrons. The SMILES string of the molecule is CCc1nc(Cl)c(C)c(N2CC[C@@H](O)C2)n1. The van der Waals surface area contributed by atoms with E-state index in [2.05, 4.69) is 14.9 Å². The Hall–Kier alpha value is -0.870. The minimum Gasteiger partial charge on any atom is -0.391 e.